The summed E-state index contributed by atoms with van der Waals surface area (Å²) < 4.78 is 27.7. The van der Waals surface area contributed by atoms with E-state index in [-0.39, 0.29) is 17.8 Å². The summed E-state index contributed by atoms with van der Waals surface area (Å²) in [5, 5.41) is 0.400. The molecule has 0 fully saturated rings. The lowest BCUT2D eigenvalue weighted by atomic mass is 10.1. The average molecular weight is 420 g/mol. The molecule has 0 spiro atoms. The minimum absolute atomic E-state index is 0.0328. The standard InChI is InChI=1S/C20H22ClN3O5/c1-6-27-19-17(11(2)3)24-18(29-19)16-12(21)8-7-9-13(16)28-20-22-14(25-4)10-15(23-20)26-5/h7-11H,6H2,1-5H3. The Hall–Kier alpha value is -3.00. The van der Waals surface area contributed by atoms with Crippen LogP contribution in [0.2, 0.25) is 5.02 Å². The van der Waals surface area contributed by atoms with Gasteiger partial charge < -0.3 is 23.4 Å². The van der Waals surface area contributed by atoms with Crippen LogP contribution >= 0.6 is 11.6 Å². The van der Waals surface area contributed by atoms with Crippen LogP contribution in [-0.2, 0) is 0 Å². The SMILES string of the molecule is CCOc1oc(-c2c(Cl)cccc2Oc2nc(OC)cc(OC)n2)nc1C(C)C. The summed E-state index contributed by atoms with van der Waals surface area (Å²) in [5.41, 5.74) is 1.17. The number of hydrogen-bond donors (Lipinski definition) is 0. The van der Waals surface area contributed by atoms with Crippen LogP contribution in [0.15, 0.2) is 28.7 Å². The molecule has 0 aliphatic rings. The number of hydrogen-bond acceptors (Lipinski definition) is 8. The van der Waals surface area contributed by atoms with Crippen LogP contribution in [0.1, 0.15) is 32.4 Å². The number of halogens is 1. The number of nitrogens with zero attached hydrogens (tertiary/aromatic N) is 3. The molecule has 3 rings (SSSR count). The maximum atomic E-state index is 6.45. The zero-order chi connectivity index (χ0) is 21.0. The van der Waals surface area contributed by atoms with Gasteiger partial charge in [0, 0.05) is 5.92 Å². The predicted molar refractivity (Wildman–Crippen MR) is 107 cm³/mol. The monoisotopic (exact) mass is 419 g/mol. The van der Waals surface area contributed by atoms with Crippen molar-refractivity contribution in [3.05, 3.63) is 35.0 Å². The molecule has 0 bridgehead atoms. The van der Waals surface area contributed by atoms with Gasteiger partial charge in [0.15, 0.2) is 0 Å². The molecule has 1 aromatic carbocycles. The molecule has 8 nitrogen and oxygen atoms in total. The fourth-order valence-electron chi connectivity index (χ4n) is 2.56. The predicted octanol–water partition coefficient (Wildman–Crippen LogP) is 5.12. The molecule has 0 N–H and O–H groups in total. The van der Waals surface area contributed by atoms with Crippen molar-refractivity contribution in [2.45, 2.75) is 26.7 Å². The normalized spacial score (nSPS) is 10.9. The summed E-state index contributed by atoms with van der Waals surface area (Å²) >= 11 is 6.45. The van der Waals surface area contributed by atoms with Crippen molar-refractivity contribution < 1.29 is 23.4 Å². The van der Waals surface area contributed by atoms with Crippen molar-refractivity contribution in [3.63, 3.8) is 0 Å². The van der Waals surface area contributed by atoms with Crippen molar-refractivity contribution in [1.82, 2.24) is 15.0 Å². The van der Waals surface area contributed by atoms with E-state index in [1.54, 1.807) is 24.3 Å². The highest BCUT2D eigenvalue weighted by Gasteiger charge is 2.23. The highest BCUT2D eigenvalue weighted by molar-refractivity contribution is 6.33. The Bertz CT molecular complexity index is 968. The summed E-state index contributed by atoms with van der Waals surface area (Å²) in [6.07, 6.45) is 0. The second-order valence-corrected chi connectivity index (χ2v) is 6.64. The molecule has 0 aliphatic carbocycles. The minimum atomic E-state index is 0.0328. The molecule has 0 unspecified atom stereocenters. The summed E-state index contributed by atoms with van der Waals surface area (Å²) in [4.78, 5) is 13.0. The van der Waals surface area contributed by atoms with E-state index in [1.165, 1.54) is 14.2 Å². The Kier molecular flexibility index (Phi) is 6.43. The molecule has 9 heteroatoms. The number of ether oxygens (including phenoxy) is 4. The van der Waals surface area contributed by atoms with Gasteiger partial charge >= 0.3 is 12.0 Å². The lowest BCUT2D eigenvalue weighted by molar-refractivity contribution is 0.256. The number of benzene rings is 1. The average Bonchev–Trinajstić information content (AvgIpc) is 3.11. The fourth-order valence-corrected chi connectivity index (χ4v) is 2.80. The van der Waals surface area contributed by atoms with E-state index < -0.39 is 0 Å². The van der Waals surface area contributed by atoms with E-state index in [4.69, 9.17) is 35.0 Å². The number of rotatable bonds is 8. The first kappa shape index (κ1) is 20.7. The van der Waals surface area contributed by atoms with Crippen LogP contribution in [0.4, 0.5) is 0 Å². The molecule has 0 saturated heterocycles. The van der Waals surface area contributed by atoms with Gasteiger partial charge in [-0.15, -0.1) is 0 Å². The van der Waals surface area contributed by atoms with Gasteiger partial charge in [0.1, 0.15) is 11.4 Å². The Morgan fingerprint density at radius 1 is 1.07 bits per heavy atom. The maximum absolute atomic E-state index is 6.45. The summed E-state index contributed by atoms with van der Waals surface area (Å²) in [5.74, 6) is 1.72. The van der Waals surface area contributed by atoms with Gasteiger partial charge in [0.2, 0.25) is 17.7 Å². The van der Waals surface area contributed by atoms with Crippen LogP contribution in [-0.4, -0.2) is 35.8 Å². The van der Waals surface area contributed by atoms with Gasteiger partial charge in [-0.1, -0.05) is 31.5 Å². The smallest absolute Gasteiger partial charge is 0.328 e. The van der Waals surface area contributed by atoms with Gasteiger partial charge in [0.05, 0.1) is 37.5 Å². The quantitative estimate of drug-likeness (QED) is 0.497. The molecular formula is C20H22ClN3O5. The molecule has 29 heavy (non-hydrogen) atoms. The summed E-state index contributed by atoms with van der Waals surface area (Å²) in [7, 11) is 2.98. The van der Waals surface area contributed by atoms with Crippen LogP contribution in [0, 0.1) is 0 Å². The van der Waals surface area contributed by atoms with Gasteiger partial charge in [-0.05, 0) is 19.1 Å². The minimum Gasteiger partial charge on any atom is -0.481 e. The van der Waals surface area contributed by atoms with Crippen LogP contribution < -0.4 is 18.9 Å². The van der Waals surface area contributed by atoms with Gasteiger partial charge in [-0.2, -0.15) is 9.97 Å². The number of aromatic nitrogens is 3. The Labute approximate surface area is 173 Å². The first-order valence-electron chi connectivity index (χ1n) is 9.04. The largest absolute Gasteiger partial charge is 0.481 e. The fraction of sp³-hybridized carbons (Fsp3) is 0.350. The van der Waals surface area contributed by atoms with Gasteiger partial charge in [-0.3, -0.25) is 0 Å². The topological polar surface area (TPSA) is 88.7 Å². The van der Waals surface area contributed by atoms with Crippen molar-refractivity contribution in [2.24, 2.45) is 0 Å². The van der Waals surface area contributed by atoms with Gasteiger partial charge in [0.25, 0.3) is 0 Å². The zero-order valence-corrected chi connectivity index (χ0v) is 17.6. The molecule has 154 valence electrons. The molecule has 0 radical (unpaired) electrons. The maximum Gasteiger partial charge on any atom is 0.328 e. The third-order valence-electron chi connectivity index (χ3n) is 3.91. The molecule has 2 heterocycles. The Morgan fingerprint density at radius 3 is 2.34 bits per heavy atom. The number of oxazole rings is 1. The van der Waals surface area contributed by atoms with Crippen LogP contribution in [0.5, 0.6) is 29.5 Å². The van der Waals surface area contributed by atoms with Crippen molar-refractivity contribution in [2.75, 3.05) is 20.8 Å². The van der Waals surface area contributed by atoms with E-state index in [1.807, 2.05) is 20.8 Å². The molecule has 3 aromatic rings. The molecule has 0 aliphatic heterocycles. The van der Waals surface area contributed by atoms with Crippen molar-refractivity contribution in [1.29, 1.82) is 0 Å². The second kappa shape index (κ2) is 9.00. The zero-order valence-electron chi connectivity index (χ0n) is 16.9. The van der Waals surface area contributed by atoms with Crippen LogP contribution in [0.25, 0.3) is 11.5 Å². The molecule has 0 atom stereocenters. The van der Waals surface area contributed by atoms with Gasteiger partial charge in [-0.25, -0.2) is 4.98 Å². The lowest BCUT2D eigenvalue weighted by Crippen LogP contribution is -1.99. The van der Waals surface area contributed by atoms with E-state index in [9.17, 15) is 0 Å². The highest BCUT2D eigenvalue weighted by Crippen LogP contribution is 2.41. The van der Waals surface area contributed by atoms with E-state index in [0.29, 0.717) is 46.3 Å². The second-order valence-electron chi connectivity index (χ2n) is 6.23. The molecule has 0 amide bonds. The number of methoxy groups -OCH3 is 2. The first-order valence-corrected chi connectivity index (χ1v) is 9.41. The molecule has 0 saturated carbocycles. The lowest BCUT2D eigenvalue weighted by Gasteiger charge is -2.10. The molecule has 2 aromatic heterocycles. The van der Waals surface area contributed by atoms with Crippen molar-refractivity contribution >= 4 is 11.6 Å². The Balaban J connectivity index is 2.06. The third kappa shape index (κ3) is 4.54. The summed E-state index contributed by atoms with van der Waals surface area (Å²) in [6.45, 7) is 6.34. The van der Waals surface area contributed by atoms with Crippen LogP contribution in [0.3, 0.4) is 0 Å². The van der Waals surface area contributed by atoms with E-state index in [0.717, 1.165) is 0 Å². The van der Waals surface area contributed by atoms with E-state index in [2.05, 4.69) is 15.0 Å². The first-order chi connectivity index (χ1) is 14.0. The molecular weight excluding hydrogens is 398 g/mol. The Morgan fingerprint density at radius 2 is 1.76 bits per heavy atom. The van der Waals surface area contributed by atoms with E-state index >= 15 is 0 Å². The highest BCUT2D eigenvalue weighted by atomic mass is 35.5. The summed E-state index contributed by atoms with van der Waals surface area (Å²) in [6, 6.07) is 6.76. The third-order valence-corrected chi connectivity index (χ3v) is 4.23. The van der Waals surface area contributed by atoms with Crippen molar-refractivity contribution in [3.8, 4) is 40.9 Å².